The van der Waals surface area contributed by atoms with E-state index in [4.69, 9.17) is 4.74 Å². The van der Waals surface area contributed by atoms with Crippen LogP contribution in [0.2, 0.25) is 0 Å². The van der Waals surface area contributed by atoms with Gasteiger partial charge in [0.15, 0.2) is 0 Å². The maximum atomic E-state index is 5.46. The Morgan fingerprint density at radius 1 is 0.600 bits per heavy atom. The van der Waals surface area contributed by atoms with Crippen molar-refractivity contribution >= 4 is 32.3 Å². The highest BCUT2D eigenvalue weighted by atomic mass is 16.5. The predicted molar refractivity (Wildman–Crippen MR) is 85.5 cm³/mol. The fraction of sp³-hybridized carbons (Fsp3) is 0.0526. The molecule has 0 atom stereocenters. The molecule has 0 aromatic heterocycles. The highest BCUT2D eigenvalue weighted by Crippen LogP contribution is 2.31. The van der Waals surface area contributed by atoms with E-state index in [1.54, 1.807) is 7.11 Å². The van der Waals surface area contributed by atoms with Gasteiger partial charge in [-0.15, -0.1) is 0 Å². The lowest BCUT2D eigenvalue weighted by atomic mass is 9.99. The van der Waals surface area contributed by atoms with Crippen LogP contribution in [-0.4, -0.2) is 7.11 Å². The topological polar surface area (TPSA) is 9.23 Å². The normalized spacial score (nSPS) is 11.2. The van der Waals surface area contributed by atoms with Crippen LogP contribution in [0.25, 0.3) is 32.3 Å². The molecule has 0 heterocycles. The number of ether oxygens (including phenoxy) is 1. The fourth-order valence-corrected chi connectivity index (χ4v) is 2.87. The molecule has 0 bridgehead atoms. The van der Waals surface area contributed by atoms with Gasteiger partial charge in [-0.3, -0.25) is 0 Å². The highest BCUT2D eigenvalue weighted by molar-refractivity contribution is 6.06. The summed E-state index contributed by atoms with van der Waals surface area (Å²) in [6, 6.07) is 23.6. The van der Waals surface area contributed by atoms with Crippen molar-refractivity contribution in [3.05, 3.63) is 66.7 Å². The standard InChI is InChI=1S/C19H14O/c1-20-19-8-4-7-15-11-16-9-13-5-2-3-6-14(13)10-17(16)12-18(15)19/h2-12H,1H3. The lowest BCUT2D eigenvalue weighted by Crippen LogP contribution is -1.85. The number of benzene rings is 4. The van der Waals surface area contributed by atoms with E-state index in [1.807, 2.05) is 12.1 Å². The van der Waals surface area contributed by atoms with Crippen LogP contribution in [0.1, 0.15) is 0 Å². The van der Waals surface area contributed by atoms with Crippen molar-refractivity contribution in [1.82, 2.24) is 0 Å². The van der Waals surface area contributed by atoms with Gasteiger partial charge in [-0.25, -0.2) is 0 Å². The fourth-order valence-electron chi connectivity index (χ4n) is 2.87. The van der Waals surface area contributed by atoms with Gasteiger partial charge in [0.1, 0.15) is 5.75 Å². The van der Waals surface area contributed by atoms with E-state index < -0.39 is 0 Å². The van der Waals surface area contributed by atoms with Gasteiger partial charge >= 0.3 is 0 Å². The van der Waals surface area contributed by atoms with Crippen LogP contribution in [0.3, 0.4) is 0 Å². The summed E-state index contributed by atoms with van der Waals surface area (Å²) in [5.41, 5.74) is 0. The molecule has 0 unspecified atom stereocenters. The minimum atomic E-state index is 0.928. The molecular formula is C19H14O. The largest absolute Gasteiger partial charge is 0.496 e. The van der Waals surface area contributed by atoms with Crippen molar-refractivity contribution in [2.24, 2.45) is 0 Å². The molecule has 0 aliphatic heterocycles. The molecule has 1 nitrogen and oxygen atoms in total. The van der Waals surface area contributed by atoms with E-state index in [-0.39, 0.29) is 0 Å². The van der Waals surface area contributed by atoms with Gasteiger partial charge in [0.05, 0.1) is 7.11 Å². The number of rotatable bonds is 1. The van der Waals surface area contributed by atoms with Crippen molar-refractivity contribution in [3.8, 4) is 5.75 Å². The predicted octanol–water partition coefficient (Wildman–Crippen LogP) is 5.15. The second-order valence-corrected chi connectivity index (χ2v) is 5.08. The molecule has 4 rings (SSSR count). The summed E-state index contributed by atoms with van der Waals surface area (Å²) in [5.74, 6) is 0.928. The first kappa shape index (κ1) is 11.3. The van der Waals surface area contributed by atoms with E-state index in [2.05, 4.69) is 54.6 Å². The Labute approximate surface area is 117 Å². The summed E-state index contributed by atoms with van der Waals surface area (Å²) in [4.78, 5) is 0. The van der Waals surface area contributed by atoms with E-state index in [0.717, 1.165) is 11.1 Å². The zero-order chi connectivity index (χ0) is 13.5. The lowest BCUT2D eigenvalue weighted by Gasteiger charge is -2.08. The number of fused-ring (bicyclic) bond motifs is 3. The summed E-state index contributed by atoms with van der Waals surface area (Å²) in [6.07, 6.45) is 0. The first-order valence-corrected chi connectivity index (χ1v) is 6.74. The Bertz CT molecular complexity index is 938. The molecule has 0 aliphatic carbocycles. The SMILES string of the molecule is COc1cccc2cc3cc4ccccc4cc3cc12. The number of methoxy groups -OCH3 is 1. The molecule has 0 aliphatic rings. The maximum absolute atomic E-state index is 5.46. The summed E-state index contributed by atoms with van der Waals surface area (Å²) in [6.45, 7) is 0. The Kier molecular flexibility index (Phi) is 2.40. The van der Waals surface area contributed by atoms with Crippen LogP contribution in [-0.2, 0) is 0 Å². The minimum Gasteiger partial charge on any atom is -0.496 e. The zero-order valence-corrected chi connectivity index (χ0v) is 11.3. The van der Waals surface area contributed by atoms with Crippen molar-refractivity contribution in [2.45, 2.75) is 0 Å². The van der Waals surface area contributed by atoms with E-state index >= 15 is 0 Å². The van der Waals surface area contributed by atoms with E-state index in [9.17, 15) is 0 Å². The first-order valence-electron chi connectivity index (χ1n) is 6.74. The van der Waals surface area contributed by atoms with Gasteiger partial charge in [0.25, 0.3) is 0 Å². The molecule has 0 amide bonds. The molecule has 1 heteroatoms. The van der Waals surface area contributed by atoms with Gasteiger partial charge in [-0.2, -0.15) is 0 Å². The molecule has 4 aromatic rings. The Morgan fingerprint density at radius 2 is 1.20 bits per heavy atom. The monoisotopic (exact) mass is 258 g/mol. The summed E-state index contributed by atoms with van der Waals surface area (Å²) < 4.78 is 5.46. The maximum Gasteiger partial charge on any atom is 0.126 e. The second-order valence-electron chi connectivity index (χ2n) is 5.08. The molecule has 4 aromatic carbocycles. The van der Waals surface area contributed by atoms with Gasteiger partial charge in [0.2, 0.25) is 0 Å². The van der Waals surface area contributed by atoms with Gasteiger partial charge in [0, 0.05) is 5.39 Å². The van der Waals surface area contributed by atoms with E-state index in [1.165, 1.54) is 26.9 Å². The van der Waals surface area contributed by atoms with Crippen LogP contribution in [0.5, 0.6) is 5.75 Å². The highest BCUT2D eigenvalue weighted by Gasteiger charge is 2.04. The molecule has 0 N–H and O–H groups in total. The van der Waals surface area contributed by atoms with Crippen molar-refractivity contribution < 1.29 is 4.74 Å². The summed E-state index contributed by atoms with van der Waals surface area (Å²) in [7, 11) is 1.72. The smallest absolute Gasteiger partial charge is 0.126 e. The third-order valence-corrected chi connectivity index (χ3v) is 3.88. The van der Waals surface area contributed by atoms with Gasteiger partial charge < -0.3 is 4.74 Å². The van der Waals surface area contributed by atoms with Crippen LogP contribution >= 0.6 is 0 Å². The van der Waals surface area contributed by atoms with Crippen LogP contribution in [0, 0.1) is 0 Å². The third kappa shape index (κ3) is 1.64. The average molecular weight is 258 g/mol. The Hall–Kier alpha value is -2.54. The van der Waals surface area contributed by atoms with Crippen LogP contribution in [0.15, 0.2) is 66.7 Å². The number of hydrogen-bond donors (Lipinski definition) is 0. The first-order chi connectivity index (χ1) is 9.85. The zero-order valence-electron chi connectivity index (χ0n) is 11.3. The van der Waals surface area contributed by atoms with Crippen molar-refractivity contribution in [2.75, 3.05) is 7.11 Å². The molecule has 0 saturated carbocycles. The summed E-state index contributed by atoms with van der Waals surface area (Å²) in [5, 5.41) is 7.45. The molecule has 0 spiro atoms. The lowest BCUT2D eigenvalue weighted by molar-refractivity contribution is 0.420. The van der Waals surface area contributed by atoms with Gasteiger partial charge in [-0.05, 0) is 57.3 Å². The molecule has 0 saturated heterocycles. The molecule has 0 radical (unpaired) electrons. The quantitative estimate of drug-likeness (QED) is 0.429. The van der Waals surface area contributed by atoms with E-state index in [0.29, 0.717) is 0 Å². The average Bonchev–Trinajstić information content (AvgIpc) is 2.50. The molecule has 20 heavy (non-hydrogen) atoms. The second kappa shape index (κ2) is 4.24. The van der Waals surface area contributed by atoms with Crippen molar-refractivity contribution in [3.63, 3.8) is 0 Å². The molecular weight excluding hydrogens is 244 g/mol. The Balaban J connectivity index is 2.15. The third-order valence-electron chi connectivity index (χ3n) is 3.88. The molecule has 0 fully saturated rings. The Morgan fingerprint density at radius 3 is 1.90 bits per heavy atom. The minimum absolute atomic E-state index is 0.928. The molecule has 96 valence electrons. The summed E-state index contributed by atoms with van der Waals surface area (Å²) >= 11 is 0. The van der Waals surface area contributed by atoms with Gasteiger partial charge in [-0.1, -0.05) is 36.4 Å². The number of hydrogen-bond acceptors (Lipinski definition) is 1. The van der Waals surface area contributed by atoms with Crippen LogP contribution in [0.4, 0.5) is 0 Å². The van der Waals surface area contributed by atoms with Crippen molar-refractivity contribution in [1.29, 1.82) is 0 Å². The van der Waals surface area contributed by atoms with Crippen LogP contribution < -0.4 is 4.74 Å².